The molecule has 0 aliphatic carbocycles. The molecule has 2 aromatic rings. The molecule has 2 aliphatic rings. The van der Waals surface area contributed by atoms with Crippen LogP contribution < -0.4 is 5.32 Å². The summed E-state index contributed by atoms with van der Waals surface area (Å²) in [5.41, 5.74) is -0.995. The summed E-state index contributed by atoms with van der Waals surface area (Å²) < 4.78 is 35.2. The molecule has 0 radical (unpaired) electrons. The molecule has 0 saturated carbocycles. The van der Waals surface area contributed by atoms with Crippen molar-refractivity contribution in [3.63, 3.8) is 0 Å². The largest absolute Gasteiger partial charge is 0.444 e. The highest BCUT2D eigenvalue weighted by Gasteiger charge is 2.68. The molecule has 1 N–H and O–H groups in total. The Morgan fingerprint density at radius 3 is 2.16 bits per heavy atom. The van der Waals surface area contributed by atoms with Crippen molar-refractivity contribution in [1.82, 2.24) is 15.1 Å². The quantitative estimate of drug-likeness (QED) is 0.382. The van der Waals surface area contributed by atoms with Gasteiger partial charge in [-0.05, 0) is 44.7 Å². The first kappa shape index (κ1) is 28.1. The molecule has 2 unspecified atom stereocenters. The number of hydrogen-bond acceptors (Lipinski definition) is 7. The Balaban J connectivity index is 1.64. The molecule has 2 aliphatic heterocycles. The summed E-state index contributed by atoms with van der Waals surface area (Å²) in [5.74, 6) is -0.170. The van der Waals surface area contributed by atoms with Gasteiger partial charge in [0.25, 0.3) is 16.0 Å². The molecule has 0 bridgehead atoms. The van der Waals surface area contributed by atoms with E-state index in [0.717, 1.165) is 17.4 Å². The van der Waals surface area contributed by atoms with Gasteiger partial charge in [0.2, 0.25) is 0 Å². The first-order valence-electron chi connectivity index (χ1n) is 12.8. The number of carbonyl (C=O) groups is 2. The maximum Gasteiger partial charge on any atom is 0.411 e. The third-order valence-corrected chi connectivity index (χ3v) is 7.55. The Kier molecular flexibility index (Phi) is 7.88. The number of benzene rings is 2. The lowest BCUT2D eigenvalue weighted by Gasteiger charge is -2.54. The predicted molar refractivity (Wildman–Crippen MR) is 144 cm³/mol. The fourth-order valence-corrected chi connectivity index (χ4v) is 5.78. The lowest BCUT2D eigenvalue weighted by atomic mass is 9.85. The number of nitrogens with one attached hydrogen (secondary N) is 1. The molecule has 38 heavy (non-hydrogen) atoms. The third-order valence-electron chi connectivity index (χ3n) is 7.00. The molecule has 9 nitrogen and oxygen atoms in total. The van der Waals surface area contributed by atoms with E-state index in [1.165, 1.54) is 4.90 Å². The second-order valence-corrected chi connectivity index (χ2v) is 12.9. The van der Waals surface area contributed by atoms with E-state index in [1.807, 2.05) is 60.7 Å². The molecule has 4 rings (SSSR count). The van der Waals surface area contributed by atoms with Crippen LogP contribution in [0.4, 0.5) is 4.79 Å². The first-order chi connectivity index (χ1) is 17.8. The molecule has 2 aromatic carbocycles. The van der Waals surface area contributed by atoms with Gasteiger partial charge < -0.3 is 15.0 Å². The minimum absolute atomic E-state index is 0.170. The zero-order valence-electron chi connectivity index (χ0n) is 22.5. The Morgan fingerprint density at radius 2 is 1.61 bits per heavy atom. The Hall–Kier alpha value is -2.95. The average molecular weight is 544 g/mol. The summed E-state index contributed by atoms with van der Waals surface area (Å²) in [7, 11) is -3.80. The molecule has 0 aromatic heterocycles. The van der Waals surface area contributed by atoms with E-state index in [0.29, 0.717) is 32.5 Å². The van der Waals surface area contributed by atoms with Gasteiger partial charge in [-0.2, -0.15) is 8.42 Å². The standard InChI is InChI=1S/C28H37N3O6S/c1-26(2,3)37-25(33)31-27(21-36-38(4,34)35,19-29-17-22-11-7-5-8-12-22)15-16-28(31)20-30(24(28)32)18-23-13-9-6-10-14-23/h5-14,29H,15-21H2,1-4H3. The molecule has 10 heteroatoms. The maximum atomic E-state index is 13.8. The van der Waals surface area contributed by atoms with Gasteiger partial charge in [0.1, 0.15) is 11.1 Å². The zero-order chi connectivity index (χ0) is 27.6. The van der Waals surface area contributed by atoms with E-state index < -0.39 is 32.9 Å². The van der Waals surface area contributed by atoms with E-state index in [2.05, 4.69) is 5.32 Å². The highest BCUT2D eigenvalue weighted by atomic mass is 32.2. The van der Waals surface area contributed by atoms with Crippen LogP contribution in [-0.2, 0) is 36.9 Å². The topological polar surface area (TPSA) is 105 Å². The van der Waals surface area contributed by atoms with E-state index in [9.17, 15) is 18.0 Å². The minimum atomic E-state index is -3.80. The fraction of sp³-hybridized carbons (Fsp3) is 0.500. The van der Waals surface area contributed by atoms with Gasteiger partial charge in [-0.15, -0.1) is 0 Å². The van der Waals surface area contributed by atoms with Crippen molar-refractivity contribution in [2.24, 2.45) is 0 Å². The normalized spacial score (nSPS) is 23.5. The highest BCUT2D eigenvalue weighted by molar-refractivity contribution is 7.85. The SMILES string of the molecule is CC(C)(C)OC(=O)N1C(CNCc2ccccc2)(COS(C)(=O)=O)CCC12CN(Cc1ccccc1)C2=O. The van der Waals surface area contributed by atoms with Crippen molar-refractivity contribution in [3.8, 4) is 0 Å². The summed E-state index contributed by atoms with van der Waals surface area (Å²) >= 11 is 0. The van der Waals surface area contributed by atoms with E-state index in [-0.39, 0.29) is 19.1 Å². The van der Waals surface area contributed by atoms with Crippen LogP contribution in [0.5, 0.6) is 0 Å². The number of nitrogens with zero attached hydrogens (tertiary/aromatic N) is 2. The van der Waals surface area contributed by atoms with Crippen LogP contribution in [0, 0.1) is 0 Å². The van der Waals surface area contributed by atoms with Crippen molar-refractivity contribution in [2.45, 2.75) is 63.4 Å². The van der Waals surface area contributed by atoms with E-state index in [4.69, 9.17) is 8.92 Å². The molecule has 2 saturated heterocycles. The monoisotopic (exact) mass is 543 g/mol. The Bertz CT molecular complexity index is 1250. The number of ether oxygens (including phenoxy) is 1. The van der Waals surface area contributed by atoms with Crippen molar-refractivity contribution in [1.29, 1.82) is 0 Å². The molecule has 1 spiro atoms. The second-order valence-electron chi connectivity index (χ2n) is 11.3. The maximum absolute atomic E-state index is 13.8. The number of likely N-dealkylation sites (tertiary alicyclic amines) is 2. The lowest BCUT2D eigenvalue weighted by molar-refractivity contribution is -0.166. The number of rotatable bonds is 9. The summed E-state index contributed by atoms with van der Waals surface area (Å²) in [6.45, 7) is 6.51. The number of β-lactam (4-membered cyclic amide) rings is 1. The summed E-state index contributed by atoms with van der Waals surface area (Å²) in [6, 6.07) is 19.4. The summed E-state index contributed by atoms with van der Waals surface area (Å²) in [5, 5.41) is 3.37. The smallest absolute Gasteiger partial charge is 0.411 e. The predicted octanol–water partition coefficient (Wildman–Crippen LogP) is 3.30. The van der Waals surface area contributed by atoms with Crippen molar-refractivity contribution in [3.05, 3.63) is 71.8 Å². The highest BCUT2D eigenvalue weighted by Crippen LogP contribution is 2.48. The van der Waals surface area contributed by atoms with Crippen LogP contribution in [0.2, 0.25) is 0 Å². The van der Waals surface area contributed by atoms with Crippen molar-refractivity contribution >= 4 is 22.1 Å². The average Bonchev–Trinajstić information content (AvgIpc) is 3.19. The fourth-order valence-electron chi connectivity index (χ4n) is 5.34. The first-order valence-corrected chi connectivity index (χ1v) is 14.6. The van der Waals surface area contributed by atoms with Gasteiger partial charge in [-0.3, -0.25) is 13.9 Å². The molecule has 2 heterocycles. The number of hydrogen-bond donors (Lipinski definition) is 1. The van der Waals surface area contributed by atoms with E-state index in [1.54, 1.807) is 25.7 Å². The second kappa shape index (κ2) is 10.7. The zero-order valence-corrected chi connectivity index (χ0v) is 23.3. The Labute approximate surface area is 225 Å². The van der Waals surface area contributed by atoms with Gasteiger partial charge in [-0.1, -0.05) is 60.7 Å². The van der Waals surface area contributed by atoms with Crippen LogP contribution in [0.15, 0.2) is 60.7 Å². The molecule has 2 amide bonds. The van der Waals surface area contributed by atoms with Crippen LogP contribution >= 0.6 is 0 Å². The molecular formula is C28H37N3O6S. The van der Waals surface area contributed by atoms with Gasteiger partial charge in [0, 0.05) is 19.6 Å². The summed E-state index contributed by atoms with van der Waals surface area (Å²) in [6.07, 6.45) is 1.10. The van der Waals surface area contributed by atoms with Gasteiger partial charge >= 0.3 is 6.09 Å². The van der Waals surface area contributed by atoms with Crippen LogP contribution in [0.25, 0.3) is 0 Å². The van der Waals surface area contributed by atoms with Crippen LogP contribution in [-0.4, -0.2) is 72.8 Å². The van der Waals surface area contributed by atoms with Gasteiger partial charge in [0.15, 0.2) is 0 Å². The van der Waals surface area contributed by atoms with Gasteiger partial charge in [0.05, 0.1) is 24.9 Å². The number of carbonyl (C=O) groups excluding carboxylic acids is 2. The Morgan fingerprint density at radius 1 is 1.00 bits per heavy atom. The molecular weight excluding hydrogens is 506 g/mol. The molecule has 206 valence electrons. The minimum Gasteiger partial charge on any atom is -0.444 e. The summed E-state index contributed by atoms with van der Waals surface area (Å²) in [4.78, 5) is 30.7. The number of amides is 2. The third kappa shape index (κ3) is 6.19. The van der Waals surface area contributed by atoms with Crippen molar-refractivity contribution in [2.75, 3.05) is 26.0 Å². The lowest BCUT2D eigenvalue weighted by Crippen LogP contribution is -2.76. The van der Waals surface area contributed by atoms with Gasteiger partial charge in [-0.25, -0.2) is 4.79 Å². The van der Waals surface area contributed by atoms with Crippen LogP contribution in [0.3, 0.4) is 0 Å². The van der Waals surface area contributed by atoms with E-state index >= 15 is 0 Å². The van der Waals surface area contributed by atoms with Crippen LogP contribution in [0.1, 0.15) is 44.7 Å². The molecule has 2 fully saturated rings. The van der Waals surface area contributed by atoms with Crippen molar-refractivity contribution < 1.29 is 26.9 Å². The molecule has 2 atom stereocenters.